The molecule has 1 amide bonds. The van der Waals surface area contributed by atoms with Gasteiger partial charge in [0.1, 0.15) is 0 Å². The molecule has 3 nitrogen and oxygen atoms in total. The third-order valence-electron chi connectivity index (χ3n) is 5.72. The van der Waals surface area contributed by atoms with Crippen molar-refractivity contribution < 1.29 is 4.79 Å². The second-order valence-electron chi connectivity index (χ2n) is 7.50. The summed E-state index contributed by atoms with van der Waals surface area (Å²) < 4.78 is 0. The first-order valence-electron chi connectivity index (χ1n) is 10.0. The Morgan fingerprint density at radius 3 is 2.76 bits per heavy atom. The predicted molar refractivity (Wildman–Crippen MR) is 104 cm³/mol. The lowest BCUT2D eigenvalue weighted by Crippen LogP contribution is -2.30. The van der Waals surface area contributed by atoms with Gasteiger partial charge in [-0.3, -0.25) is 4.79 Å². The van der Waals surface area contributed by atoms with E-state index in [4.69, 9.17) is 11.6 Å². The van der Waals surface area contributed by atoms with Crippen molar-refractivity contribution in [3.63, 3.8) is 0 Å². The van der Waals surface area contributed by atoms with Gasteiger partial charge in [0.15, 0.2) is 0 Å². The Morgan fingerprint density at radius 2 is 1.92 bits per heavy atom. The van der Waals surface area contributed by atoms with Gasteiger partial charge in [0, 0.05) is 17.5 Å². The normalized spacial score (nSPS) is 18.0. The lowest BCUT2D eigenvalue weighted by Gasteiger charge is -2.14. The van der Waals surface area contributed by atoms with Crippen LogP contribution in [0.25, 0.3) is 0 Å². The van der Waals surface area contributed by atoms with Crippen LogP contribution in [0.2, 0.25) is 5.02 Å². The monoisotopic (exact) mass is 362 g/mol. The zero-order chi connectivity index (χ0) is 17.5. The third kappa shape index (κ3) is 5.21. The van der Waals surface area contributed by atoms with Gasteiger partial charge < -0.3 is 10.6 Å². The number of fused-ring (bicyclic) bond motifs is 1. The highest BCUT2D eigenvalue weighted by Gasteiger charge is 2.21. The number of halogens is 1. The Morgan fingerprint density at radius 1 is 1.12 bits per heavy atom. The number of rotatable bonds is 7. The Labute approximate surface area is 156 Å². The Hall–Kier alpha value is -1.06. The molecule has 0 bridgehead atoms. The highest BCUT2D eigenvalue weighted by atomic mass is 35.5. The standard InChI is InChI=1S/C21H31ClN2O/c22-20-10-9-16-11-14-23-15-12-18(16)19(20)8-2-1-5-13-24-21(25)17-6-3-4-7-17/h9-10,17,23H,1-8,11-15H2,(H,24,25). The zero-order valence-corrected chi connectivity index (χ0v) is 16.0. The molecule has 1 heterocycles. The van der Waals surface area contributed by atoms with Gasteiger partial charge in [-0.2, -0.15) is 0 Å². The van der Waals surface area contributed by atoms with Crippen molar-refractivity contribution in [3.05, 3.63) is 33.8 Å². The number of benzene rings is 1. The van der Waals surface area contributed by atoms with Crippen molar-refractivity contribution in [2.45, 2.75) is 64.2 Å². The third-order valence-corrected chi connectivity index (χ3v) is 6.08. The van der Waals surface area contributed by atoms with Crippen LogP contribution >= 0.6 is 11.6 Å². The lowest BCUT2D eigenvalue weighted by molar-refractivity contribution is -0.124. The number of hydrogen-bond donors (Lipinski definition) is 2. The van der Waals surface area contributed by atoms with E-state index in [2.05, 4.69) is 22.8 Å². The fourth-order valence-corrected chi connectivity index (χ4v) is 4.51. The number of carbonyl (C=O) groups excluding carboxylic acids is 1. The first-order chi connectivity index (χ1) is 12.3. The summed E-state index contributed by atoms with van der Waals surface area (Å²) in [6.07, 6.45) is 11.2. The van der Waals surface area contributed by atoms with Crippen molar-refractivity contribution >= 4 is 17.5 Å². The molecule has 3 rings (SSSR count). The van der Waals surface area contributed by atoms with E-state index in [0.29, 0.717) is 0 Å². The molecule has 0 unspecified atom stereocenters. The average molecular weight is 363 g/mol. The summed E-state index contributed by atoms with van der Waals surface area (Å²) >= 11 is 6.49. The van der Waals surface area contributed by atoms with E-state index in [9.17, 15) is 4.79 Å². The molecule has 0 saturated heterocycles. The summed E-state index contributed by atoms with van der Waals surface area (Å²) in [6, 6.07) is 4.27. The molecule has 138 valence electrons. The van der Waals surface area contributed by atoms with Crippen molar-refractivity contribution in [2.24, 2.45) is 5.92 Å². The zero-order valence-electron chi connectivity index (χ0n) is 15.2. The summed E-state index contributed by atoms with van der Waals surface area (Å²) in [5.74, 6) is 0.564. The van der Waals surface area contributed by atoms with Gasteiger partial charge in [-0.15, -0.1) is 0 Å². The summed E-state index contributed by atoms with van der Waals surface area (Å²) in [4.78, 5) is 12.0. The quantitative estimate of drug-likeness (QED) is 0.718. The minimum Gasteiger partial charge on any atom is -0.356 e. The first-order valence-corrected chi connectivity index (χ1v) is 10.4. The van der Waals surface area contributed by atoms with Gasteiger partial charge in [-0.05, 0) is 80.8 Å². The second kappa shape index (κ2) is 9.59. The van der Waals surface area contributed by atoms with Crippen LogP contribution < -0.4 is 10.6 Å². The van der Waals surface area contributed by atoms with E-state index in [1.807, 2.05) is 0 Å². The number of nitrogens with one attached hydrogen (secondary N) is 2. The molecule has 0 atom stereocenters. The maximum Gasteiger partial charge on any atom is 0.223 e. The molecule has 2 aliphatic rings. The Bertz CT molecular complexity index is 582. The molecule has 1 aromatic carbocycles. The van der Waals surface area contributed by atoms with Crippen LogP contribution in [0.1, 0.15) is 61.6 Å². The van der Waals surface area contributed by atoms with Crippen LogP contribution in [-0.2, 0) is 24.1 Å². The summed E-state index contributed by atoms with van der Waals surface area (Å²) in [5.41, 5.74) is 4.30. The molecule has 25 heavy (non-hydrogen) atoms. The van der Waals surface area contributed by atoms with Crippen LogP contribution in [-0.4, -0.2) is 25.5 Å². The van der Waals surface area contributed by atoms with Gasteiger partial charge in [-0.25, -0.2) is 0 Å². The molecule has 1 aliphatic carbocycles. The average Bonchev–Trinajstić information content (AvgIpc) is 3.05. The highest BCUT2D eigenvalue weighted by molar-refractivity contribution is 6.31. The molecule has 4 heteroatoms. The molecule has 1 aliphatic heterocycles. The van der Waals surface area contributed by atoms with E-state index in [0.717, 1.165) is 76.0 Å². The minimum absolute atomic E-state index is 0.279. The van der Waals surface area contributed by atoms with Gasteiger partial charge in [0.05, 0.1) is 0 Å². The van der Waals surface area contributed by atoms with Crippen LogP contribution in [0.4, 0.5) is 0 Å². The van der Waals surface area contributed by atoms with Gasteiger partial charge in [0.2, 0.25) is 5.91 Å². The predicted octanol–water partition coefficient (Wildman–Crippen LogP) is 4.05. The van der Waals surface area contributed by atoms with Gasteiger partial charge >= 0.3 is 0 Å². The molecule has 0 radical (unpaired) electrons. The largest absolute Gasteiger partial charge is 0.356 e. The van der Waals surface area contributed by atoms with Gasteiger partial charge in [-0.1, -0.05) is 36.9 Å². The van der Waals surface area contributed by atoms with E-state index in [1.165, 1.54) is 29.5 Å². The molecular formula is C21H31ClN2O. The fourth-order valence-electron chi connectivity index (χ4n) is 4.24. The Kier molecular flexibility index (Phi) is 7.18. The molecule has 2 N–H and O–H groups in total. The van der Waals surface area contributed by atoms with Crippen molar-refractivity contribution in [1.29, 1.82) is 0 Å². The number of amides is 1. The number of unbranched alkanes of at least 4 members (excludes halogenated alkanes) is 2. The van der Waals surface area contributed by atoms with Crippen molar-refractivity contribution in [3.8, 4) is 0 Å². The topological polar surface area (TPSA) is 41.1 Å². The van der Waals surface area contributed by atoms with Crippen LogP contribution in [0.15, 0.2) is 12.1 Å². The maximum atomic E-state index is 12.0. The summed E-state index contributed by atoms with van der Waals surface area (Å²) in [6.45, 7) is 2.93. The number of hydrogen-bond acceptors (Lipinski definition) is 2. The van der Waals surface area contributed by atoms with Crippen LogP contribution in [0.5, 0.6) is 0 Å². The van der Waals surface area contributed by atoms with E-state index in [-0.39, 0.29) is 11.8 Å². The second-order valence-corrected chi connectivity index (χ2v) is 7.90. The number of carbonyl (C=O) groups is 1. The molecule has 1 fully saturated rings. The van der Waals surface area contributed by atoms with E-state index in [1.54, 1.807) is 0 Å². The fraction of sp³-hybridized carbons (Fsp3) is 0.667. The molecule has 1 saturated carbocycles. The molecular weight excluding hydrogens is 332 g/mol. The van der Waals surface area contributed by atoms with Crippen LogP contribution in [0, 0.1) is 5.92 Å². The Balaban J connectivity index is 1.41. The van der Waals surface area contributed by atoms with Gasteiger partial charge in [0.25, 0.3) is 0 Å². The first kappa shape index (κ1) is 18.7. The lowest BCUT2D eigenvalue weighted by atomic mass is 9.93. The van der Waals surface area contributed by atoms with E-state index < -0.39 is 0 Å². The highest BCUT2D eigenvalue weighted by Crippen LogP contribution is 2.27. The molecule has 0 aromatic heterocycles. The maximum absolute atomic E-state index is 12.0. The van der Waals surface area contributed by atoms with Crippen molar-refractivity contribution in [1.82, 2.24) is 10.6 Å². The van der Waals surface area contributed by atoms with E-state index >= 15 is 0 Å². The molecule has 0 spiro atoms. The minimum atomic E-state index is 0.279. The van der Waals surface area contributed by atoms with Crippen LogP contribution in [0.3, 0.4) is 0 Å². The summed E-state index contributed by atoms with van der Waals surface area (Å²) in [7, 11) is 0. The van der Waals surface area contributed by atoms with Crippen molar-refractivity contribution in [2.75, 3.05) is 19.6 Å². The smallest absolute Gasteiger partial charge is 0.223 e. The summed E-state index contributed by atoms with van der Waals surface area (Å²) in [5, 5.41) is 7.52. The SMILES string of the molecule is O=C(NCCCCCc1c(Cl)ccc2c1CCNCC2)C1CCCC1. The molecule has 1 aromatic rings.